The van der Waals surface area contributed by atoms with Crippen molar-refractivity contribution in [3.8, 4) is 0 Å². The van der Waals surface area contributed by atoms with Crippen LogP contribution >= 0.6 is 0 Å². The van der Waals surface area contributed by atoms with Gasteiger partial charge >= 0.3 is 0 Å². The molecule has 0 aromatic heterocycles. The zero-order valence-electron chi connectivity index (χ0n) is 6.77. The number of nitrogens with two attached hydrogens (primary N) is 1. The summed E-state index contributed by atoms with van der Waals surface area (Å²) in [4.78, 5) is 15.3. The number of rotatable bonds is 4. The molecule has 0 aromatic carbocycles. The molecule has 11 heavy (non-hydrogen) atoms. The number of hydrogen-bond acceptors (Lipinski definition) is 3. The lowest BCUT2D eigenvalue weighted by atomic mass is 10.5. The predicted molar refractivity (Wildman–Crippen MR) is 44.9 cm³/mol. The third-order valence-electron chi connectivity index (χ3n) is 1.03. The number of carbonyl (C=O) groups excluding carboxylic acids is 1. The number of allylic oxidation sites excluding steroid dienone is 1. The molecule has 0 spiro atoms. The van der Waals surface area contributed by atoms with Crippen molar-refractivity contribution in [1.29, 1.82) is 0 Å². The molecular weight excluding hydrogens is 142 g/mol. The van der Waals surface area contributed by atoms with Gasteiger partial charge in [0.15, 0.2) is 0 Å². The summed E-state index contributed by atoms with van der Waals surface area (Å²) in [6, 6.07) is 0. The van der Waals surface area contributed by atoms with Crippen LogP contribution in [0.4, 0.5) is 0 Å². The lowest BCUT2D eigenvalue weighted by Gasteiger charge is -2.14. The fourth-order valence-corrected chi connectivity index (χ4v) is 0.430. The van der Waals surface area contributed by atoms with Crippen LogP contribution in [0.25, 0.3) is 0 Å². The highest BCUT2D eigenvalue weighted by Crippen LogP contribution is 1.83. The Hall–Kier alpha value is -1.16. The largest absolute Gasteiger partial charge is 0.311 e. The van der Waals surface area contributed by atoms with Gasteiger partial charge in [0.1, 0.15) is 0 Å². The van der Waals surface area contributed by atoms with E-state index in [1.807, 2.05) is 6.92 Å². The minimum Gasteiger partial charge on any atom is -0.311 e. The molecule has 0 fully saturated rings. The summed E-state index contributed by atoms with van der Waals surface area (Å²) in [5, 5.41) is 0. The maximum absolute atomic E-state index is 10.3. The third kappa shape index (κ3) is 4.27. The van der Waals surface area contributed by atoms with E-state index in [0.717, 1.165) is 0 Å². The van der Waals surface area contributed by atoms with Gasteiger partial charge in [0, 0.05) is 6.20 Å². The van der Waals surface area contributed by atoms with E-state index in [1.165, 1.54) is 11.2 Å². The molecule has 0 aliphatic rings. The Kier molecular flexibility index (Phi) is 5.02. The van der Waals surface area contributed by atoms with Crippen molar-refractivity contribution in [3.63, 3.8) is 0 Å². The van der Waals surface area contributed by atoms with Gasteiger partial charge in [-0.1, -0.05) is 6.08 Å². The van der Waals surface area contributed by atoms with Gasteiger partial charge in [0.05, 0.1) is 12.5 Å². The van der Waals surface area contributed by atoms with Crippen molar-refractivity contribution in [3.05, 3.63) is 12.3 Å². The number of hydrogen-bond donors (Lipinski definition) is 1. The molecule has 0 aliphatic heterocycles. The Bertz CT molecular complexity index is 163. The van der Waals surface area contributed by atoms with Crippen LogP contribution in [0, 0.1) is 0 Å². The molecule has 0 rings (SSSR count). The van der Waals surface area contributed by atoms with Gasteiger partial charge in [-0.15, -0.1) is 0 Å². The van der Waals surface area contributed by atoms with Gasteiger partial charge in [-0.2, -0.15) is 0 Å². The maximum atomic E-state index is 10.3. The summed E-state index contributed by atoms with van der Waals surface area (Å²) in [6.45, 7) is 3.55. The zero-order valence-corrected chi connectivity index (χ0v) is 6.77. The van der Waals surface area contributed by atoms with E-state index < -0.39 is 0 Å². The van der Waals surface area contributed by atoms with E-state index in [4.69, 9.17) is 5.73 Å². The second-order valence-corrected chi connectivity index (χ2v) is 2.04. The van der Waals surface area contributed by atoms with Crippen LogP contribution in [0.3, 0.4) is 0 Å². The number of carbonyl (C=O) groups is 1. The van der Waals surface area contributed by atoms with Crippen LogP contribution in [0.2, 0.25) is 0 Å². The Morgan fingerprint density at radius 2 is 2.27 bits per heavy atom. The number of nitrogens with zero attached hydrogens (tertiary/aromatic N) is 2. The van der Waals surface area contributed by atoms with E-state index in [0.29, 0.717) is 6.41 Å². The molecule has 0 saturated carbocycles. The Labute approximate surface area is 66.4 Å². The molecule has 2 N–H and O–H groups in total. The van der Waals surface area contributed by atoms with Crippen LogP contribution in [-0.4, -0.2) is 23.8 Å². The highest BCUT2D eigenvalue weighted by molar-refractivity contribution is 5.72. The van der Waals surface area contributed by atoms with E-state index in [9.17, 15) is 4.79 Å². The SMILES string of the molecule is C/C=C\N=CN(C=O)[C@@H](C)N. The van der Waals surface area contributed by atoms with Gasteiger partial charge in [-0.05, 0) is 13.8 Å². The van der Waals surface area contributed by atoms with Crippen LogP contribution in [0.15, 0.2) is 17.3 Å². The molecule has 0 radical (unpaired) electrons. The summed E-state index contributed by atoms with van der Waals surface area (Å²) >= 11 is 0. The predicted octanol–water partition coefficient (Wildman–Crippen LogP) is 0.311. The molecular formula is C7H13N3O. The summed E-state index contributed by atoms with van der Waals surface area (Å²) in [5.74, 6) is 0. The van der Waals surface area contributed by atoms with Gasteiger partial charge in [0.2, 0.25) is 6.41 Å². The van der Waals surface area contributed by atoms with Crippen molar-refractivity contribution in [2.45, 2.75) is 20.0 Å². The van der Waals surface area contributed by atoms with E-state index in [-0.39, 0.29) is 6.17 Å². The molecule has 0 saturated heterocycles. The normalized spacial score (nSPS) is 14.1. The molecule has 1 atom stereocenters. The van der Waals surface area contributed by atoms with Crippen LogP contribution in [-0.2, 0) is 4.79 Å². The first kappa shape index (κ1) is 9.84. The fourth-order valence-electron chi connectivity index (χ4n) is 0.430. The van der Waals surface area contributed by atoms with E-state index >= 15 is 0 Å². The van der Waals surface area contributed by atoms with Crippen LogP contribution in [0.5, 0.6) is 0 Å². The quantitative estimate of drug-likeness (QED) is 0.275. The highest BCUT2D eigenvalue weighted by Gasteiger charge is 2.00. The van der Waals surface area contributed by atoms with Crippen LogP contribution < -0.4 is 5.73 Å². The first-order chi connectivity index (χ1) is 5.22. The summed E-state index contributed by atoms with van der Waals surface area (Å²) < 4.78 is 0. The van der Waals surface area contributed by atoms with Gasteiger partial charge < -0.3 is 5.73 Å². The molecule has 4 heteroatoms. The first-order valence-corrected chi connectivity index (χ1v) is 3.35. The second kappa shape index (κ2) is 5.61. The average Bonchev–Trinajstić information content (AvgIpc) is 1.97. The number of aliphatic imine (C=N–C) groups is 1. The smallest absolute Gasteiger partial charge is 0.216 e. The minimum atomic E-state index is -0.332. The van der Waals surface area contributed by atoms with Gasteiger partial charge in [-0.25, -0.2) is 4.99 Å². The molecule has 0 heterocycles. The third-order valence-corrected chi connectivity index (χ3v) is 1.03. The molecule has 0 aromatic rings. The molecule has 1 amide bonds. The van der Waals surface area contributed by atoms with Gasteiger partial charge in [-0.3, -0.25) is 9.69 Å². The Morgan fingerprint density at radius 1 is 1.64 bits per heavy atom. The lowest BCUT2D eigenvalue weighted by molar-refractivity contribution is -0.115. The second-order valence-electron chi connectivity index (χ2n) is 2.04. The minimum absolute atomic E-state index is 0.332. The summed E-state index contributed by atoms with van der Waals surface area (Å²) in [5.41, 5.74) is 5.41. The first-order valence-electron chi connectivity index (χ1n) is 3.35. The average molecular weight is 155 g/mol. The topological polar surface area (TPSA) is 58.7 Å². The van der Waals surface area contributed by atoms with Crippen molar-refractivity contribution in [2.75, 3.05) is 0 Å². The fraction of sp³-hybridized carbons (Fsp3) is 0.429. The molecule has 0 bridgehead atoms. The number of amides is 1. The van der Waals surface area contributed by atoms with Gasteiger partial charge in [0.25, 0.3) is 0 Å². The van der Waals surface area contributed by atoms with Crippen LogP contribution in [0.1, 0.15) is 13.8 Å². The standard InChI is InChI=1S/C7H13N3O/c1-3-4-9-5-10(6-11)7(2)8/h3-7H,8H2,1-2H3/b4-3-,9-5?/t7-/m0/s1. The van der Waals surface area contributed by atoms with Crippen molar-refractivity contribution in [1.82, 2.24) is 4.90 Å². The van der Waals surface area contributed by atoms with Crippen molar-refractivity contribution in [2.24, 2.45) is 10.7 Å². The highest BCUT2D eigenvalue weighted by atomic mass is 16.1. The molecule has 4 nitrogen and oxygen atoms in total. The Balaban J connectivity index is 3.96. The molecule has 62 valence electrons. The zero-order chi connectivity index (χ0) is 8.69. The molecule has 0 unspecified atom stereocenters. The summed E-state index contributed by atoms with van der Waals surface area (Å²) in [6.07, 6.45) is 5.04. The van der Waals surface area contributed by atoms with E-state index in [2.05, 4.69) is 4.99 Å². The summed E-state index contributed by atoms with van der Waals surface area (Å²) in [7, 11) is 0. The van der Waals surface area contributed by atoms with Crippen molar-refractivity contribution >= 4 is 12.7 Å². The van der Waals surface area contributed by atoms with Crippen molar-refractivity contribution < 1.29 is 4.79 Å². The molecule has 0 aliphatic carbocycles. The van der Waals surface area contributed by atoms with E-state index in [1.54, 1.807) is 19.2 Å². The Morgan fingerprint density at radius 3 is 2.64 bits per heavy atom. The monoisotopic (exact) mass is 155 g/mol. The lowest BCUT2D eigenvalue weighted by Crippen LogP contribution is -2.37. The maximum Gasteiger partial charge on any atom is 0.216 e.